The van der Waals surface area contributed by atoms with Gasteiger partial charge in [0.1, 0.15) is 5.82 Å². The van der Waals surface area contributed by atoms with Gasteiger partial charge in [0.15, 0.2) is 11.6 Å². The minimum atomic E-state index is -0.775. The molecule has 0 radical (unpaired) electrons. The molecule has 2 aromatic heterocycles. The topological polar surface area (TPSA) is 119 Å². The minimum absolute atomic E-state index is 0.0390. The zero-order valence-electron chi connectivity index (χ0n) is 17.9. The van der Waals surface area contributed by atoms with E-state index in [1.165, 1.54) is 0 Å². The van der Waals surface area contributed by atoms with E-state index in [0.717, 1.165) is 48.6 Å². The van der Waals surface area contributed by atoms with E-state index in [4.69, 9.17) is 11.5 Å². The SMILES string of the molecule is Cc1ncc(Nc2nc(N[C@@H]3CCCC[C@@H]3N)c(F)cc2C(N)=O)cc1-c1ccccc1. The molecule has 0 bridgehead atoms. The number of pyridine rings is 2. The fourth-order valence-corrected chi connectivity index (χ4v) is 4.04. The largest absolute Gasteiger partial charge is 0.365 e. The van der Waals surface area contributed by atoms with E-state index in [9.17, 15) is 9.18 Å². The van der Waals surface area contributed by atoms with Crippen molar-refractivity contribution in [2.45, 2.75) is 44.7 Å². The van der Waals surface area contributed by atoms with Crippen LogP contribution < -0.4 is 22.1 Å². The third-order valence-corrected chi connectivity index (χ3v) is 5.82. The summed E-state index contributed by atoms with van der Waals surface area (Å²) in [6.07, 6.45) is 5.44. The Morgan fingerprint density at radius 1 is 1.12 bits per heavy atom. The summed E-state index contributed by atoms with van der Waals surface area (Å²) in [7, 11) is 0. The summed E-state index contributed by atoms with van der Waals surface area (Å²) in [6.45, 7) is 1.92. The molecule has 0 unspecified atom stereocenters. The van der Waals surface area contributed by atoms with Crippen molar-refractivity contribution in [3.8, 4) is 11.1 Å². The lowest BCUT2D eigenvalue weighted by atomic mass is 9.91. The van der Waals surface area contributed by atoms with Crippen LogP contribution in [-0.4, -0.2) is 28.0 Å². The highest BCUT2D eigenvalue weighted by Gasteiger charge is 2.24. The van der Waals surface area contributed by atoms with Crippen LogP contribution in [0.2, 0.25) is 0 Å². The Hall–Kier alpha value is -3.52. The maximum absolute atomic E-state index is 14.7. The van der Waals surface area contributed by atoms with Gasteiger partial charge >= 0.3 is 0 Å². The van der Waals surface area contributed by atoms with Gasteiger partial charge in [0.2, 0.25) is 0 Å². The third-order valence-electron chi connectivity index (χ3n) is 5.82. The van der Waals surface area contributed by atoms with Gasteiger partial charge in [-0.25, -0.2) is 9.37 Å². The highest BCUT2D eigenvalue weighted by Crippen LogP contribution is 2.29. The number of amides is 1. The van der Waals surface area contributed by atoms with Gasteiger partial charge < -0.3 is 22.1 Å². The average molecular weight is 435 g/mol. The van der Waals surface area contributed by atoms with Gasteiger partial charge in [-0.2, -0.15) is 0 Å². The van der Waals surface area contributed by atoms with Crippen LogP contribution in [0.4, 0.5) is 21.7 Å². The molecule has 8 heteroatoms. The molecule has 1 aliphatic carbocycles. The number of benzene rings is 1. The Morgan fingerprint density at radius 3 is 2.59 bits per heavy atom. The number of rotatable bonds is 6. The van der Waals surface area contributed by atoms with Crippen LogP contribution in [0, 0.1) is 12.7 Å². The number of hydrogen-bond acceptors (Lipinski definition) is 6. The van der Waals surface area contributed by atoms with Gasteiger partial charge in [-0.3, -0.25) is 9.78 Å². The number of carbonyl (C=O) groups is 1. The first-order chi connectivity index (χ1) is 15.4. The normalized spacial score (nSPS) is 18.2. The molecule has 2 heterocycles. The van der Waals surface area contributed by atoms with E-state index < -0.39 is 11.7 Å². The number of halogens is 1. The first kappa shape index (κ1) is 21.7. The number of nitrogens with zero attached hydrogens (tertiary/aromatic N) is 2. The molecule has 3 aromatic rings. The van der Waals surface area contributed by atoms with Gasteiger partial charge in [0.05, 0.1) is 17.4 Å². The molecule has 1 fully saturated rings. The summed E-state index contributed by atoms with van der Waals surface area (Å²) in [4.78, 5) is 20.8. The van der Waals surface area contributed by atoms with Crippen molar-refractivity contribution in [3.05, 3.63) is 65.7 Å². The van der Waals surface area contributed by atoms with Gasteiger partial charge in [0, 0.05) is 23.3 Å². The summed E-state index contributed by atoms with van der Waals surface area (Å²) >= 11 is 0. The summed E-state index contributed by atoms with van der Waals surface area (Å²) < 4.78 is 14.7. The van der Waals surface area contributed by atoms with E-state index in [1.54, 1.807) is 6.20 Å². The monoisotopic (exact) mass is 434 g/mol. The second-order valence-corrected chi connectivity index (χ2v) is 8.13. The highest BCUT2D eigenvalue weighted by molar-refractivity contribution is 5.98. The fraction of sp³-hybridized carbons (Fsp3) is 0.292. The lowest BCUT2D eigenvalue weighted by Crippen LogP contribution is -2.43. The molecule has 4 rings (SSSR count). The predicted octanol–water partition coefficient (Wildman–Crippen LogP) is 4.12. The number of nitrogens with one attached hydrogen (secondary N) is 2. The van der Waals surface area contributed by atoms with Crippen LogP contribution in [0.3, 0.4) is 0 Å². The maximum Gasteiger partial charge on any atom is 0.252 e. The van der Waals surface area contributed by atoms with E-state index in [2.05, 4.69) is 20.6 Å². The summed E-state index contributed by atoms with van der Waals surface area (Å²) in [6, 6.07) is 12.7. The molecule has 0 aliphatic heterocycles. The quantitative estimate of drug-likeness (QED) is 0.463. The molecule has 32 heavy (non-hydrogen) atoms. The standard InChI is InChI=1S/C24H27FN6O/c1-14-17(15-7-3-2-4-8-15)11-16(13-28-14)29-23-18(22(27)32)12-19(25)24(31-23)30-21-10-6-5-9-20(21)26/h2-4,7-8,11-13,20-21H,5-6,9-10,26H2,1H3,(H2,27,32)(H2,29,30,31)/t20-,21+/m0/s1. The summed E-state index contributed by atoms with van der Waals surface area (Å²) in [5.74, 6) is -1.21. The number of aromatic nitrogens is 2. The molecule has 1 aromatic carbocycles. The van der Waals surface area contributed by atoms with Gasteiger partial charge in [0.25, 0.3) is 5.91 Å². The van der Waals surface area contributed by atoms with Crippen LogP contribution in [0.1, 0.15) is 41.7 Å². The summed E-state index contributed by atoms with van der Waals surface area (Å²) in [5, 5.41) is 6.21. The van der Waals surface area contributed by atoms with E-state index in [0.29, 0.717) is 5.69 Å². The first-order valence-electron chi connectivity index (χ1n) is 10.7. The molecule has 7 nitrogen and oxygen atoms in total. The minimum Gasteiger partial charge on any atom is -0.365 e. The molecular weight excluding hydrogens is 407 g/mol. The Bertz CT molecular complexity index is 1120. The van der Waals surface area contributed by atoms with Gasteiger partial charge in [-0.1, -0.05) is 43.2 Å². The lowest BCUT2D eigenvalue weighted by Gasteiger charge is -2.30. The van der Waals surface area contributed by atoms with Crippen LogP contribution in [-0.2, 0) is 0 Å². The molecule has 0 saturated heterocycles. The van der Waals surface area contributed by atoms with Crippen molar-refractivity contribution in [1.82, 2.24) is 9.97 Å². The number of hydrogen-bond donors (Lipinski definition) is 4. The number of primary amides is 1. The lowest BCUT2D eigenvalue weighted by molar-refractivity contribution is 0.100. The van der Waals surface area contributed by atoms with Crippen LogP contribution >= 0.6 is 0 Å². The third kappa shape index (κ3) is 4.70. The molecule has 6 N–H and O–H groups in total. The fourth-order valence-electron chi connectivity index (χ4n) is 4.04. The maximum atomic E-state index is 14.7. The Balaban J connectivity index is 1.67. The second kappa shape index (κ2) is 9.32. The molecule has 166 valence electrons. The van der Waals surface area contributed by atoms with Crippen molar-refractivity contribution < 1.29 is 9.18 Å². The molecular formula is C24H27FN6O. The Labute approximate surface area is 186 Å². The zero-order chi connectivity index (χ0) is 22.7. The highest BCUT2D eigenvalue weighted by atomic mass is 19.1. The van der Waals surface area contributed by atoms with Crippen LogP contribution in [0.25, 0.3) is 11.1 Å². The van der Waals surface area contributed by atoms with Gasteiger partial charge in [-0.15, -0.1) is 0 Å². The van der Waals surface area contributed by atoms with Crippen molar-refractivity contribution in [2.24, 2.45) is 11.5 Å². The first-order valence-corrected chi connectivity index (χ1v) is 10.7. The number of anilines is 3. The van der Waals surface area contributed by atoms with Crippen molar-refractivity contribution in [2.75, 3.05) is 10.6 Å². The van der Waals surface area contributed by atoms with Crippen molar-refractivity contribution >= 4 is 23.2 Å². The van der Waals surface area contributed by atoms with E-state index >= 15 is 0 Å². The van der Waals surface area contributed by atoms with E-state index in [1.807, 2.05) is 43.3 Å². The molecule has 1 amide bonds. The predicted molar refractivity (Wildman–Crippen MR) is 124 cm³/mol. The van der Waals surface area contributed by atoms with Crippen molar-refractivity contribution in [1.29, 1.82) is 0 Å². The average Bonchev–Trinajstić information content (AvgIpc) is 2.79. The summed E-state index contributed by atoms with van der Waals surface area (Å²) in [5.41, 5.74) is 15.1. The number of nitrogens with two attached hydrogens (primary N) is 2. The smallest absolute Gasteiger partial charge is 0.252 e. The second-order valence-electron chi connectivity index (χ2n) is 8.13. The van der Waals surface area contributed by atoms with Crippen LogP contribution in [0.5, 0.6) is 0 Å². The zero-order valence-corrected chi connectivity index (χ0v) is 17.9. The Kier molecular flexibility index (Phi) is 6.32. The van der Waals surface area contributed by atoms with Gasteiger partial charge in [-0.05, 0) is 37.5 Å². The molecule has 1 saturated carbocycles. The van der Waals surface area contributed by atoms with Crippen LogP contribution in [0.15, 0.2) is 48.7 Å². The number of aryl methyl sites for hydroxylation is 1. The van der Waals surface area contributed by atoms with Crippen molar-refractivity contribution in [3.63, 3.8) is 0 Å². The number of carbonyl (C=O) groups excluding carboxylic acids is 1. The Morgan fingerprint density at radius 2 is 1.88 bits per heavy atom. The molecule has 1 aliphatic rings. The molecule has 2 atom stereocenters. The molecule has 0 spiro atoms. The van der Waals surface area contributed by atoms with E-state index in [-0.39, 0.29) is 29.3 Å².